The second-order valence-corrected chi connectivity index (χ2v) is 7.43. The number of carbonyl (C=O) groups is 1. The Morgan fingerprint density at radius 2 is 1.89 bits per heavy atom. The van der Waals surface area contributed by atoms with E-state index in [2.05, 4.69) is 25.4 Å². The fourth-order valence-electron chi connectivity index (χ4n) is 3.05. The number of nitrogens with zero attached hydrogens (tertiary/aromatic N) is 3. The predicted octanol–water partition coefficient (Wildman–Crippen LogP) is 4.20. The van der Waals surface area contributed by atoms with Crippen LogP contribution < -0.4 is 30.7 Å². The van der Waals surface area contributed by atoms with Crippen LogP contribution in [-0.4, -0.2) is 41.1 Å². The third-order valence-corrected chi connectivity index (χ3v) is 4.96. The van der Waals surface area contributed by atoms with Gasteiger partial charge in [-0.3, -0.25) is 0 Å². The Bertz CT molecular complexity index is 1560. The number of rotatable bonds is 7. The summed E-state index contributed by atoms with van der Waals surface area (Å²) in [6.07, 6.45) is -4.14. The molecule has 0 saturated heterocycles. The number of fused-ring (bicyclic) bond motifs is 1. The van der Waals surface area contributed by atoms with Gasteiger partial charge in [0.2, 0.25) is 5.95 Å². The Balaban J connectivity index is 1.63. The van der Waals surface area contributed by atoms with Gasteiger partial charge in [-0.25, -0.2) is 19.0 Å². The molecular formula is C21H14ClF4N5O6. The number of aromatic nitrogens is 3. The molecule has 0 bridgehead atoms. The molecule has 0 spiro atoms. The van der Waals surface area contributed by atoms with Gasteiger partial charge in [-0.2, -0.15) is 18.2 Å². The van der Waals surface area contributed by atoms with Crippen LogP contribution in [0.4, 0.5) is 40.7 Å². The van der Waals surface area contributed by atoms with Crippen LogP contribution >= 0.6 is 11.6 Å². The van der Waals surface area contributed by atoms with Crippen molar-refractivity contribution in [2.24, 2.45) is 0 Å². The van der Waals surface area contributed by atoms with E-state index in [1.165, 1.54) is 44.7 Å². The average Bonchev–Trinajstić information content (AvgIpc) is 3.15. The minimum Gasteiger partial charge on any atom is -0.493 e. The molecule has 2 N–H and O–H groups in total. The van der Waals surface area contributed by atoms with Crippen molar-refractivity contribution in [3.05, 3.63) is 57.9 Å². The van der Waals surface area contributed by atoms with Gasteiger partial charge in [-0.05, 0) is 30.3 Å². The van der Waals surface area contributed by atoms with Crippen LogP contribution in [-0.2, 0) is 4.79 Å². The van der Waals surface area contributed by atoms with Crippen molar-refractivity contribution in [1.29, 1.82) is 0 Å². The maximum atomic E-state index is 14.8. The lowest BCUT2D eigenvalue weighted by molar-refractivity contribution is -0.200. The van der Waals surface area contributed by atoms with Gasteiger partial charge in [0.05, 0.1) is 26.1 Å². The molecular weight excluding hydrogens is 530 g/mol. The van der Waals surface area contributed by atoms with Crippen LogP contribution in [0.15, 0.2) is 45.7 Å². The minimum atomic E-state index is -5.34. The molecule has 0 aliphatic rings. The number of alkyl halides is 3. The van der Waals surface area contributed by atoms with Crippen molar-refractivity contribution in [2.75, 3.05) is 24.9 Å². The third kappa shape index (κ3) is 5.20. The van der Waals surface area contributed by atoms with Crippen LogP contribution in [0.25, 0.3) is 11.1 Å². The molecule has 194 valence electrons. The van der Waals surface area contributed by atoms with Gasteiger partial charge in [-0.15, -0.1) is 0 Å². The first-order valence-corrected chi connectivity index (χ1v) is 10.3. The lowest BCUT2D eigenvalue weighted by Crippen LogP contribution is -2.36. The van der Waals surface area contributed by atoms with E-state index >= 15 is 0 Å². The van der Waals surface area contributed by atoms with Gasteiger partial charge in [0, 0.05) is 5.69 Å². The molecule has 2 aromatic carbocycles. The summed E-state index contributed by atoms with van der Waals surface area (Å²) in [6, 6.07) is 6.62. The highest BCUT2D eigenvalue weighted by Gasteiger charge is 2.42. The SMILES string of the molecule is COc1ccc(Nc2ncc(Cl)c(Nc3ccc4oc(=O)n(OC(=O)C(F)(F)F)c4c3)n2)c(F)c1OC. The minimum absolute atomic E-state index is 0.00378. The molecule has 0 radical (unpaired) electrons. The first-order chi connectivity index (χ1) is 17.5. The molecule has 16 heteroatoms. The number of benzene rings is 2. The summed E-state index contributed by atoms with van der Waals surface area (Å²) in [7, 11) is 2.62. The lowest BCUT2D eigenvalue weighted by atomic mass is 10.2. The summed E-state index contributed by atoms with van der Waals surface area (Å²) >= 11 is 6.15. The van der Waals surface area contributed by atoms with Crippen LogP contribution in [0.3, 0.4) is 0 Å². The molecule has 37 heavy (non-hydrogen) atoms. The maximum Gasteiger partial charge on any atom is 0.493 e. The van der Waals surface area contributed by atoms with Crippen molar-refractivity contribution >= 4 is 51.8 Å². The molecule has 0 aliphatic heterocycles. The van der Waals surface area contributed by atoms with E-state index in [1.54, 1.807) is 0 Å². The molecule has 2 heterocycles. The van der Waals surface area contributed by atoms with E-state index < -0.39 is 23.7 Å². The van der Waals surface area contributed by atoms with Crippen molar-refractivity contribution in [3.8, 4) is 11.5 Å². The maximum absolute atomic E-state index is 14.8. The molecule has 0 saturated carbocycles. The largest absolute Gasteiger partial charge is 0.493 e. The summed E-state index contributed by atoms with van der Waals surface area (Å²) in [5.41, 5.74) is -0.329. The topological polar surface area (TPSA) is 130 Å². The summed E-state index contributed by atoms with van der Waals surface area (Å²) < 4.78 is 67.4. The quantitative estimate of drug-likeness (QED) is 0.327. The lowest BCUT2D eigenvalue weighted by Gasteiger charge is -2.13. The summed E-state index contributed by atoms with van der Waals surface area (Å²) in [6.45, 7) is 0. The number of methoxy groups -OCH3 is 2. The highest BCUT2D eigenvalue weighted by atomic mass is 35.5. The molecule has 0 atom stereocenters. The second-order valence-electron chi connectivity index (χ2n) is 7.02. The van der Waals surface area contributed by atoms with E-state index in [4.69, 9.17) is 25.5 Å². The normalized spacial score (nSPS) is 11.3. The van der Waals surface area contributed by atoms with Gasteiger partial charge >= 0.3 is 17.9 Å². The first kappa shape index (κ1) is 25.6. The summed E-state index contributed by atoms with van der Waals surface area (Å²) in [4.78, 5) is 35.3. The molecule has 0 fully saturated rings. The van der Waals surface area contributed by atoms with Crippen LogP contribution in [0, 0.1) is 5.82 Å². The molecule has 0 aliphatic carbocycles. The summed E-state index contributed by atoms with van der Waals surface area (Å²) in [5.74, 6) is -4.81. The van der Waals surface area contributed by atoms with Crippen LogP contribution in [0.1, 0.15) is 0 Å². The second kappa shape index (κ2) is 9.85. The number of oxazole rings is 1. The fraction of sp³-hybridized carbons (Fsp3) is 0.143. The number of nitrogens with one attached hydrogen (secondary N) is 2. The number of ether oxygens (including phenoxy) is 2. The standard InChI is InChI=1S/C21H14ClF4N5O6/c1-34-14-6-4-11(15(23)16(14)35-2)29-19-27-8-10(22)17(30-19)28-9-3-5-13-12(7-9)31(20(33)36-13)37-18(32)21(24,25)26/h3-8H,1-2H3,(H2,27,28,29,30). The molecule has 11 nitrogen and oxygen atoms in total. The van der Waals surface area contributed by atoms with Crippen LogP contribution in [0.5, 0.6) is 11.5 Å². The molecule has 0 unspecified atom stereocenters. The van der Waals surface area contributed by atoms with Crippen LogP contribution in [0.2, 0.25) is 5.02 Å². The van der Waals surface area contributed by atoms with E-state index in [0.29, 0.717) is 0 Å². The van der Waals surface area contributed by atoms with Crippen molar-refractivity contribution < 1.29 is 41.1 Å². The summed E-state index contributed by atoms with van der Waals surface area (Å²) in [5, 5.41) is 5.48. The predicted molar refractivity (Wildman–Crippen MR) is 121 cm³/mol. The Labute approximate surface area is 208 Å². The average molecular weight is 544 g/mol. The molecule has 0 amide bonds. The van der Waals surface area contributed by atoms with E-state index in [-0.39, 0.29) is 55.5 Å². The molecule has 2 aromatic heterocycles. The van der Waals surface area contributed by atoms with Crippen molar-refractivity contribution in [1.82, 2.24) is 14.7 Å². The Hall–Kier alpha value is -4.53. The molecule has 4 aromatic rings. The zero-order chi connectivity index (χ0) is 26.9. The van der Waals surface area contributed by atoms with Gasteiger partial charge in [-0.1, -0.05) is 16.3 Å². The molecule has 4 rings (SSSR count). The zero-order valence-electron chi connectivity index (χ0n) is 18.6. The van der Waals surface area contributed by atoms with Crippen molar-refractivity contribution in [3.63, 3.8) is 0 Å². The third-order valence-electron chi connectivity index (χ3n) is 4.68. The zero-order valence-corrected chi connectivity index (χ0v) is 19.4. The van der Waals surface area contributed by atoms with Crippen molar-refractivity contribution in [2.45, 2.75) is 6.18 Å². The van der Waals surface area contributed by atoms with E-state index in [9.17, 15) is 27.2 Å². The Morgan fingerprint density at radius 3 is 2.57 bits per heavy atom. The number of halogens is 5. The van der Waals surface area contributed by atoms with Gasteiger partial charge in [0.25, 0.3) is 0 Å². The smallest absolute Gasteiger partial charge is 0.493 e. The van der Waals surface area contributed by atoms with E-state index in [1.807, 2.05) is 0 Å². The number of anilines is 4. The Kier molecular flexibility index (Phi) is 6.80. The first-order valence-electron chi connectivity index (χ1n) is 9.94. The van der Waals surface area contributed by atoms with Gasteiger partial charge < -0.3 is 29.4 Å². The van der Waals surface area contributed by atoms with Gasteiger partial charge in [0.1, 0.15) is 10.5 Å². The van der Waals surface area contributed by atoms with Gasteiger partial charge in [0.15, 0.2) is 28.7 Å². The number of hydrogen-bond acceptors (Lipinski definition) is 10. The Morgan fingerprint density at radius 1 is 1.14 bits per heavy atom. The fourth-order valence-corrected chi connectivity index (χ4v) is 3.19. The number of carbonyl (C=O) groups excluding carboxylic acids is 1. The highest BCUT2D eigenvalue weighted by molar-refractivity contribution is 6.32. The van der Waals surface area contributed by atoms with E-state index in [0.717, 1.165) is 6.07 Å². The number of hydrogen-bond donors (Lipinski definition) is 2. The highest BCUT2D eigenvalue weighted by Crippen LogP contribution is 2.35. The monoisotopic (exact) mass is 543 g/mol.